The lowest BCUT2D eigenvalue weighted by Crippen LogP contribution is -2.24. The zero-order valence-electron chi connectivity index (χ0n) is 12.9. The van der Waals surface area contributed by atoms with Crippen molar-refractivity contribution in [1.82, 2.24) is 4.98 Å². The molecule has 2 aromatic rings. The number of carboxylic acids is 1. The summed E-state index contributed by atoms with van der Waals surface area (Å²) >= 11 is 6.01. The van der Waals surface area contributed by atoms with Crippen LogP contribution in [-0.2, 0) is 14.8 Å². The molecule has 128 valence electrons. The Morgan fingerprint density at radius 2 is 2.04 bits per heavy atom. The van der Waals surface area contributed by atoms with Crippen LogP contribution in [0.5, 0.6) is 5.75 Å². The Kier molecular flexibility index (Phi) is 5.30. The van der Waals surface area contributed by atoms with Gasteiger partial charge in [-0.25, -0.2) is 13.2 Å². The van der Waals surface area contributed by atoms with Gasteiger partial charge in [0, 0.05) is 29.4 Å². The Balaban J connectivity index is 2.48. The van der Waals surface area contributed by atoms with Gasteiger partial charge in [0.25, 0.3) is 0 Å². The number of hydrogen-bond acceptors (Lipinski definition) is 5. The Morgan fingerprint density at radius 3 is 2.67 bits per heavy atom. The highest BCUT2D eigenvalue weighted by molar-refractivity contribution is 7.92. The van der Waals surface area contributed by atoms with Gasteiger partial charge in [-0.05, 0) is 24.3 Å². The molecular formula is C15H15ClN2O5S. The first kappa shape index (κ1) is 18.0. The Morgan fingerprint density at radius 1 is 1.33 bits per heavy atom. The maximum absolute atomic E-state index is 11.7. The van der Waals surface area contributed by atoms with Gasteiger partial charge in [0.2, 0.25) is 10.0 Å². The van der Waals surface area contributed by atoms with Crippen LogP contribution >= 0.6 is 11.6 Å². The number of carbonyl (C=O) groups is 1. The predicted octanol–water partition coefficient (Wildman–Crippen LogP) is 2.26. The van der Waals surface area contributed by atoms with Crippen LogP contribution in [0.2, 0.25) is 5.02 Å². The minimum atomic E-state index is -3.44. The molecule has 0 spiro atoms. The molecule has 0 fully saturated rings. The lowest BCUT2D eigenvalue weighted by molar-refractivity contribution is -0.139. The van der Waals surface area contributed by atoms with Crippen molar-refractivity contribution < 1.29 is 23.1 Å². The van der Waals surface area contributed by atoms with E-state index in [0.29, 0.717) is 27.6 Å². The van der Waals surface area contributed by atoms with E-state index >= 15 is 0 Å². The standard InChI is InChI=1S/C15H15ClN2O5S/c1-18(24(2,21)22)12-5-10(7-17-8-12)13-6-11(16)3-4-14(13)23-9-15(19)20/h3-8H,9H2,1-2H3,(H,19,20). The number of pyridine rings is 1. The van der Waals surface area contributed by atoms with Gasteiger partial charge in [-0.2, -0.15) is 0 Å². The second-order valence-electron chi connectivity index (χ2n) is 4.99. The third kappa shape index (κ3) is 4.36. The van der Waals surface area contributed by atoms with Crippen molar-refractivity contribution in [3.63, 3.8) is 0 Å². The van der Waals surface area contributed by atoms with Crippen molar-refractivity contribution in [3.8, 4) is 16.9 Å². The lowest BCUT2D eigenvalue weighted by Gasteiger charge is -2.17. The second kappa shape index (κ2) is 7.06. The molecule has 2 rings (SSSR count). The van der Waals surface area contributed by atoms with E-state index in [1.54, 1.807) is 24.3 Å². The summed E-state index contributed by atoms with van der Waals surface area (Å²) in [6, 6.07) is 6.32. The quantitative estimate of drug-likeness (QED) is 0.837. The fourth-order valence-corrected chi connectivity index (χ4v) is 2.59. The minimum absolute atomic E-state index is 0.308. The average molecular weight is 371 g/mol. The molecule has 0 aliphatic carbocycles. The van der Waals surface area contributed by atoms with E-state index in [4.69, 9.17) is 21.4 Å². The molecule has 0 aliphatic heterocycles. The van der Waals surface area contributed by atoms with E-state index < -0.39 is 22.6 Å². The molecule has 0 atom stereocenters. The molecular weight excluding hydrogens is 356 g/mol. The van der Waals surface area contributed by atoms with Crippen molar-refractivity contribution in [2.75, 3.05) is 24.2 Å². The predicted molar refractivity (Wildman–Crippen MR) is 91.1 cm³/mol. The number of sulfonamides is 1. The van der Waals surface area contributed by atoms with E-state index in [-0.39, 0.29) is 0 Å². The van der Waals surface area contributed by atoms with Gasteiger partial charge in [-0.3, -0.25) is 9.29 Å². The summed E-state index contributed by atoms with van der Waals surface area (Å²) in [6.07, 6.45) is 4.01. The fraction of sp³-hybridized carbons (Fsp3) is 0.200. The summed E-state index contributed by atoms with van der Waals surface area (Å²) in [5.74, 6) is -0.803. The number of nitrogens with zero attached hydrogens (tertiary/aromatic N) is 2. The number of rotatable bonds is 6. The molecule has 7 nitrogen and oxygen atoms in total. The van der Waals surface area contributed by atoms with Crippen LogP contribution in [0.15, 0.2) is 36.7 Å². The number of benzene rings is 1. The number of halogens is 1. The summed E-state index contributed by atoms with van der Waals surface area (Å²) in [7, 11) is -2.02. The summed E-state index contributed by atoms with van der Waals surface area (Å²) < 4.78 is 29.7. The summed E-state index contributed by atoms with van der Waals surface area (Å²) in [4.78, 5) is 14.7. The number of anilines is 1. The monoisotopic (exact) mass is 370 g/mol. The second-order valence-corrected chi connectivity index (χ2v) is 7.44. The summed E-state index contributed by atoms with van der Waals surface area (Å²) in [5, 5.41) is 9.19. The molecule has 9 heteroatoms. The van der Waals surface area contributed by atoms with Gasteiger partial charge in [-0.1, -0.05) is 11.6 Å². The number of ether oxygens (including phenoxy) is 1. The molecule has 1 aromatic carbocycles. The minimum Gasteiger partial charge on any atom is -0.481 e. The first-order valence-electron chi connectivity index (χ1n) is 6.72. The molecule has 1 N–H and O–H groups in total. The van der Waals surface area contributed by atoms with Crippen molar-refractivity contribution in [1.29, 1.82) is 0 Å². The third-order valence-corrected chi connectivity index (χ3v) is 4.63. The van der Waals surface area contributed by atoms with E-state index in [1.807, 2.05) is 0 Å². The van der Waals surface area contributed by atoms with Crippen molar-refractivity contribution in [2.45, 2.75) is 0 Å². The average Bonchev–Trinajstić information content (AvgIpc) is 2.52. The molecule has 0 amide bonds. The van der Waals surface area contributed by atoms with Crippen molar-refractivity contribution in [3.05, 3.63) is 41.7 Å². The van der Waals surface area contributed by atoms with Crippen LogP contribution in [0, 0.1) is 0 Å². The van der Waals surface area contributed by atoms with Crippen LogP contribution in [-0.4, -0.2) is 44.4 Å². The Bertz CT molecular complexity index is 870. The highest BCUT2D eigenvalue weighted by Crippen LogP contribution is 2.34. The van der Waals surface area contributed by atoms with Crippen LogP contribution in [0.1, 0.15) is 0 Å². The van der Waals surface area contributed by atoms with Crippen LogP contribution in [0.4, 0.5) is 5.69 Å². The van der Waals surface area contributed by atoms with Gasteiger partial charge in [0.1, 0.15) is 5.75 Å². The first-order chi connectivity index (χ1) is 11.2. The van der Waals surface area contributed by atoms with Gasteiger partial charge in [-0.15, -0.1) is 0 Å². The largest absolute Gasteiger partial charge is 0.481 e. The molecule has 1 heterocycles. The highest BCUT2D eigenvalue weighted by Gasteiger charge is 2.15. The van der Waals surface area contributed by atoms with Gasteiger partial charge in [0.05, 0.1) is 18.1 Å². The van der Waals surface area contributed by atoms with Crippen LogP contribution in [0.3, 0.4) is 0 Å². The smallest absolute Gasteiger partial charge is 0.341 e. The van der Waals surface area contributed by atoms with E-state index in [2.05, 4.69) is 4.98 Å². The molecule has 24 heavy (non-hydrogen) atoms. The molecule has 0 saturated carbocycles. The first-order valence-corrected chi connectivity index (χ1v) is 8.94. The fourth-order valence-electron chi connectivity index (χ4n) is 1.93. The summed E-state index contributed by atoms with van der Waals surface area (Å²) in [6.45, 7) is -0.509. The molecule has 1 aromatic heterocycles. The Labute approximate surface area is 144 Å². The number of aliphatic carboxylic acids is 1. The van der Waals surface area contributed by atoms with Crippen molar-refractivity contribution >= 4 is 33.3 Å². The van der Waals surface area contributed by atoms with Gasteiger partial charge < -0.3 is 9.84 Å². The van der Waals surface area contributed by atoms with E-state index in [1.165, 1.54) is 19.4 Å². The van der Waals surface area contributed by atoms with Crippen LogP contribution in [0.25, 0.3) is 11.1 Å². The molecule has 0 aliphatic rings. The zero-order chi connectivity index (χ0) is 17.9. The normalized spacial score (nSPS) is 11.1. The third-order valence-electron chi connectivity index (χ3n) is 3.19. The van der Waals surface area contributed by atoms with Crippen molar-refractivity contribution in [2.24, 2.45) is 0 Å². The molecule has 0 saturated heterocycles. The topological polar surface area (TPSA) is 96.8 Å². The molecule has 0 unspecified atom stereocenters. The zero-order valence-corrected chi connectivity index (χ0v) is 14.5. The van der Waals surface area contributed by atoms with Gasteiger partial charge >= 0.3 is 5.97 Å². The highest BCUT2D eigenvalue weighted by atomic mass is 35.5. The summed E-state index contributed by atoms with van der Waals surface area (Å²) in [5.41, 5.74) is 1.42. The molecule has 0 radical (unpaired) electrons. The number of carboxylic acid groups (broad SMARTS) is 1. The van der Waals surface area contributed by atoms with E-state index in [9.17, 15) is 13.2 Å². The number of hydrogen-bond donors (Lipinski definition) is 1. The molecule has 0 bridgehead atoms. The number of aromatic nitrogens is 1. The van der Waals surface area contributed by atoms with E-state index in [0.717, 1.165) is 10.6 Å². The lowest BCUT2D eigenvalue weighted by atomic mass is 10.1. The van der Waals surface area contributed by atoms with Gasteiger partial charge in [0.15, 0.2) is 6.61 Å². The maximum Gasteiger partial charge on any atom is 0.341 e. The van der Waals surface area contributed by atoms with Crippen LogP contribution < -0.4 is 9.04 Å². The maximum atomic E-state index is 11.7. The SMILES string of the molecule is CN(c1cncc(-c2cc(Cl)ccc2OCC(=O)O)c1)S(C)(=O)=O. The Hall–Kier alpha value is -2.32.